The van der Waals surface area contributed by atoms with E-state index >= 15 is 0 Å². The predicted molar refractivity (Wildman–Crippen MR) is 41.8 cm³/mol. The third-order valence-corrected chi connectivity index (χ3v) is 2.79. The summed E-state index contributed by atoms with van der Waals surface area (Å²) in [7, 11) is 0. The van der Waals surface area contributed by atoms with Gasteiger partial charge < -0.3 is 10.6 Å². The molecule has 0 radical (unpaired) electrons. The van der Waals surface area contributed by atoms with Gasteiger partial charge in [0.2, 0.25) is 0 Å². The number of nitrogens with zero attached hydrogens (tertiary/aromatic N) is 1. The van der Waals surface area contributed by atoms with E-state index < -0.39 is 0 Å². The van der Waals surface area contributed by atoms with Gasteiger partial charge in [0.05, 0.1) is 0 Å². The molecule has 2 N–H and O–H groups in total. The zero-order valence-electron chi connectivity index (χ0n) is 6.42. The maximum absolute atomic E-state index is 5.44. The molecule has 1 aliphatic carbocycles. The van der Waals surface area contributed by atoms with E-state index in [0.29, 0.717) is 0 Å². The fourth-order valence-electron chi connectivity index (χ4n) is 2.06. The van der Waals surface area contributed by atoms with Gasteiger partial charge in [-0.2, -0.15) is 0 Å². The fourth-order valence-corrected chi connectivity index (χ4v) is 2.06. The van der Waals surface area contributed by atoms with Crippen LogP contribution in [0, 0.1) is 5.92 Å². The van der Waals surface area contributed by atoms with Gasteiger partial charge in [0, 0.05) is 6.04 Å². The second kappa shape index (κ2) is 2.51. The van der Waals surface area contributed by atoms with Crippen LogP contribution in [0.5, 0.6) is 0 Å². The van der Waals surface area contributed by atoms with Gasteiger partial charge in [0.25, 0.3) is 0 Å². The Morgan fingerprint density at radius 1 is 1.50 bits per heavy atom. The van der Waals surface area contributed by atoms with Crippen LogP contribution >= 0.6 is 0 Å². The Balaban J connectivity index is 1.72. The topological polar surface area (TPSA) is 29.3 Å². The summed E-state index contributed by atoms with van der Waals surface area (Å²) in [4.78, 5) is 2.61. The van der Waals surface area contributed by atoms with Gasteiger partial charge in [0.1, 0.15) is 0 Å². The molecule has 2 fully saturated rings. The molecule has 1 saturated heterocycles. The van der Waals surface area contributed by atoms with Crippen LogP contribution < -0.4 is 5.73 Å². The van der Waals surface area contributed by atoms with E-state index in [9.17, 15) is 0 Å². The van der Waals surface area contributed by atoms with E-state index in [1.54, 1.807) is 0 Å². The first kappa shape index (κ1) is 6.62. The van der Waals surface area contributed by atoms with Crippen molar-refractivity contribution in [2.75, 3.05) is 19.6 Å². The molecule has 2 rings (SSSR count). The molecule has 2 atom stereocenters. The maximum Gasteiger partial charge on any atom is 0.0128 e. The van der Waals surface area contributed by atoms with E-state index in [-0.39, 0.29) is 0 Å². The Morgan fingerprint density at radius 3 is 2.90 bits per heavy atom. The monoisotopic (exact) mass is 140 g/mol. The molecule has 0 amide bonds. The standard InChI is InChI=1S/C8H16N2/c9-3-1-4-10-5-2-7-6-8(7)10/h7-8H,1-6,9H2. The summed E-state index contributed by atoms with van der Waals surface area (Å²) in [6.07, 6.45) is 4.11. The number of hydrogen-bond acceptors (Lipinski definition) is 2. The Labute approximate surface area is 62.4 Å². The number of piperidine rings is 1. The maximum atomic E-state index is 5.44. The van der Waals surface area contributed by atoms with Crippen LogP contribution in [0.2, 0.25) is 0 Å². The molecule has 10 heavy (non-hydrogen) atoms. The SMILES string of the molecule is NCCCN1CCC2CC21. The highest BCUT2D eigenvalue weighted by Gasteiger charge is 2.45. The first-order chi connectivity index (χ1) is 4.92. The average Bonchev–Trinajstić information content (AvgIpc) is 2.63. The molecule has 1 heterocycles. The fraction of sp³-hybridized carbons (Fsp3) is 1.00. The molecule has 0 aromatic carbocycles. The van der Waals surface area contributed by atoms with Crippen LogP contribution in [0.3, 0.4) is 0 Å². The molecule has 1 saturated carbocycles. The lowest BCUT2D eigenvalue weighted by molar-refractivity contribution is 0.298. The molecule has 0 aromatic heterocycles. The molecule has 2 aliphatic rings. The van der Waals surface area contributed by atoms with Crippen molar-refractivity contribution >= 4 is 0 Å². The van der Waals surface area contributed by atoms with Gasteiger partial charge in [-0.05, 0) is 44.8 Å². The minimum atomic E-state index is 0.855. The first-order valence-electron chi connectivity index (χ1n) is 4.36. The number of hydrogen-bond donors (Lipinski definition) is 1. The molecule has 2 nitrogen and oxygen atoms in total. The lowest BCUT2D eigenvalue weighted by Crippen LogP contribution is -2.25. The summed E-state index contributed by atoms with van der Waals surface area (Å²) in [6.45, 7) is 3.45. The first-order valence-corrected chi connectivity index (χ1v) is 4.36. The second-order valence-electron chi connectivity index (χ2n) is 3.53. The molecule has 58 valence electrons. The molecule has 0 bridgehead atoms. The van der Waals surface area contributed by atoms with Crippen molar-refractivity contribution in [2.24, 2.45) is 11.7 Å². The average molecular weight is 140 g/mol. The van der Waals surface area contributed by atoms with Crippen molar-refractivity contribution in [1.82, 2.24) is 4.90 Å². The van der Waals surface area contributed by atoms with Gasteiger partial charge in [-0.25, -0.2) is 0 Å². The van der Waals surface area contributed by atoms with Gasteiger partial charge >= 0.3 is 0 Å². The smallest absolute Gasteiger partial charge is 0.0128 e. The number of rotatable bonds is 3. The van der Waals surface area contributed by atoms with Crippen LogP contribution in [-0.4, -0.2) is 30.6 Å². The van der Waals surface area contributed by atoms with E-state index in [1.165, 1.54) is 32.4 Å². The molecule has 2 unspecified atom stereocenters. The Kier molecular flexibility index (Phi) is 1.66. The van der Waals surface area contributed by atoms with Crippen LogP contribution in [0.1, 0.15) is 19.3 Å². The summed E-state index contributed by atoms with van der Waals surface area (Å²) in [5.74, 6) is 1.08. The number of nitrogens with two attached hydrogens (primary N) is 1. The Bertz CT molecular complexity index is 124. The lowest BCUT2D eigenvalue weighted by Gasteiger charge is -2.15. The summed E-state index contributed by atoms with van der Waals surface area (Å²) in [6, 6.07) is 0.978. The Morgan fingerprint density at radius 2 is 2.40 bits per heavy atom. The normalized spacial score (nSPS) is 38.1. The van der Waals surface area contributed by atoms with Gasteiger partial charge in [0.15, 0.2) is 0 Å². The van der Waals surface area contributed by atoms with Crippen molar-refractivity contribution in [3.8, 4) is 0 Å². The van der Waals surface area contributed by atoms with E-state index in [0.717, 1.165) is 18.5 Å². The van der Waals surface area contributed by atoms with Gasteiger partial charge in [-0.3, -0.25) is 0 Å². The molecule has 2 heteroatoms. The summed E-state index contributed by atoms with van der Waals surface area (Å²) in [5, 5.41) is 0. The zero-order valence-corrected chi connectivity index (χ0v) is 6.42. The highest BCUT2D eigenvalue weighted by molar-refractivity contribution is 5.00. The summed E-state index contributed by atoms with van der Waals surface area (Å²) < 4.78 is 0. The van der Waals surface area contributed by atoms with Crippen LogP contribution in [0.4, 0.5) is 0 Å². The summed E-state index contributed by atoms with van der Waals surface area (Å²) >= 11 is 0. The van der Waals surface area contributed by atoms with Crippen molar-refractivity contribution < 1.29 is 0 Å². The zero-order chi connectivity index (χ0) is 6.97. The lowest BCUT2D eigenvalue weighted by atomic mass is 10.3. The quantitative estimate of drug-likeness (QED) is 0.616. The third-order valence-electron chi connectivity index (χ3n) is 2.79. The molecule has 0 spiro atoms. The molecule has 0 aromatic rings. The van der Waals surface area contributed by atoms with Crippen LogP contribution in [0.25, 0.3) is 0 Å². The largest absolute Gasteiger partial charge is 0.330 e. The molecular formula is C8H16N2. The summed E-state index contributed by atoms with van der Waals surface area (Å²) in [5.41, 5.74) is 5.44. The van der Waals surface area contributed by atoms with Gasteiger partial charge in [-0.1, -0.05) is 0 Å². The van der Waals surface area contributed by atoms with Crippen molar-refractivity contribution in [3.63, 3.8) is 0 Å². The van der Waals surface area contributed by atoms with Gasteiger partial charge in [-0.15, -0.1) is 0 Å². The number of fused-ring (bicyclic) bond motifs is 1. The van der Waals surface area contributed by atoms with E-state index in [4.69, 9.17) is 5.73 Å². The van der Waals surface area contributed by atoms with E-state index in [1.807, 2.05) is 0 Å². The number of likely N-dealkylation sites (tertiary alicyclic amines) is 1. The molecule has 1 aliphatic heterocycles. The third kappa shape index (κ3) is 1.06. The highest BCUT2D eigenvalue weighted by atomic mass is 15.2. The minimum absolute atomic E-state index is 0.855. The second-order valence-corrected chi connectivity index (χ2v) is 3.53. The van der Waals surface area contributed by atoms with Crippen molar-refractivity contribution in [2.45, 2.75) is 25.3 Å². The van der Waals surface area contributed by atoms with Crippen molar-refractivity contribution in [1.29, 1.82) is 0 Å². The van der Waals surface area contributed by atoms with Crippen molar-refractivity contribution in [3.05, 3.63) is 0 Å². The highest BCUT2D eigenvalue weighted by Crippen LogP contribution is 2.44. The molecular weight excluding hydrogens is 124 g/mol. The van der Waals surface area contributed by atoms with Crippen LogP contribution in [0.15, 0.2) is 0 Å². The Hall–Kier alpha value is -0.0800. The van der Waals surface area contributed by atoms with E-state index in [2.05, 4.69) is 4.90 Å². The van der Waals surface area contributed by atoms with Crippen LogP contribution in [-0.2, 0) is 0 Å². The minimum Gasteiger partial charge on any atom is -0.330 e. The predicted octanol–water partition coefficient (Wildman–Crippen LogP) is 0.429.